The molecule has 106 valence electrons. The summed E-state index contributed by atoms with van der Waals surface area (Å²) in [6, 6.07) is -0.205. The average Bonchev–Trinajstić information content (AvgIpc) is 2.75. The minimum Gasteiger partial charge on any atom is -0.338 e. The Balaban J connectivity index is 0.00000162. The van der Waals surface area contributed by atoms with Crippen LogP contribution in [0.2, 0.25) is 0 Å². The normalized spacial score (nSPS) is 33.9. The van der Waals surface area contributed by atoms with Gasteiger partial charge in [-0.05, 0) is 38.0 Å². The van der Waals surface area contributed by atoms with E-state index in [-0.39, 0.29) is 36.8 Å². The van der Waals surface area contributed by atoms with E-state index in [9.17, 15) is 9.18 Å². The zero-order valence-corrected chi connectivity index (χ0v) is 11.4. The van der Waals surface area contributed by atoms with Gasteiger partial charge in [0.2, 0.25) is 5.91 Å². The van der Waals surface area contributed by atoms with Crippen molar-refractivity contribution in [3.8, 4) is 0 Å². The van der Waals surface area contributed by atoms with Gasteiger partial charge in [-0.2, -0.15) is 0 Å². The second-order valence-electron chi connectivity index (χ2n) is 5.37. The van der Waals surface area contributed by atoms with Crippen LogP contribution in [0.5, 0.6) is 0 Å². The van der Waals surface area contributed by atoms with Crippen molar-refractivity contribution >= 4 is 18.3 Å². The zero-order valence-electron chi connectivity index (χ0n) is 10.6. The molecule has 2 rings (SSSR count). The summed E-state index contributed by atoms with van der Waals surface area (Å²) in [5, 5.41) is 0. The maximum atomic E-state index is 13.0. The largest absolute Gasteiger partial charge is 0.338 e. The number of hydrogen-bond acceptors (Lipinski definition) is 3. The molecule has 2 fully saturated rings. The maximum Gasteiger partial charge on any atom is 0.239 e. The molecule has 0 aromatic carbocycles. The summed E-state index contributed by atoms with van der Waals surface area (Å²) in [5.74, 6) is 0.145. The van der Waals surface area contributed by atoms with Gasteiger partial charge in [-0.25, -0.2) is 4.39 Å². The Morgan fingerprint density at radius 3 is 2.33 bits per heavy atom. The Hall–Kier alpha value is -0.390. The molecule has 1 aliphatic carbocycles. The van der Waals surface area contributed by atoms with Crippen LogP contribution in [0, 0.1) is 5.92 Å². The highest BCUT2D eigenvalue weighted by Gasteiger charge is 2.34. The molecule has 1 heterocycles. The highest BCUT2D eigenvalue weighted by atomic mass is 35.5. The average molecular weight is 280 g/mol. The molecule has 4 nitrogen and oxygen atoms in total. The van der Waals surface area contributed by atoms with E-state index < -0.39 is 12.2 Å². The van der Waals surface area contributed by atoms with Crippen molar-refractivity contribution in [1.29, 1.82) is 0 Å². The van der Waals surface area contributed by atoms with E-state index in [1.54, 1.807) is 4.90 Å². The first-order valence-corrected chi connectivity index (χ1v) is 6.52. The first-order chi connectivity index (χ1) is 8.08. The molecule has 0 aromatic rings. The van der Waals surface area contributed by atoms with Crippen molar-refractivity contribution in [3.63, 3.8) is 0 Å². The number of rotatable bonds is 2. The summed E-state index contributed by atoms with van der Waals surface area (Å²) in [4.78, 5) is 13.6. The van der Waals surface area contributed by atoms with E-state index in [1.807, 2.05) is 0 Å². The van der Waals surface area contributed by atoms with Crippen LogP contribution in [0.3, 0.4) is 0 Å². The third-order valence-electron chi connectivity index (χ3n) is 4.05. The first kappa shape index (κ1) is 15.7. The lowest BCUT2D eigenvalue weighted by atomic mass is 9.81. The second kappa shape index (κ2) is 6.68. The number of likely N-dealkylation sites (tertiary alicyclic amines) is 1. The summed E-state index contributed by atoms with van der Waals surface area (Å²) in [6.45, 7) is 0.735. The van der Waals surface area contributed by atoms with Gasteiger partial charge in [0.05, 0.1) is 12.6 Å². The number of nitrogens with two attached hydrogens (primary N) is 2. The predicted octanol–water partition coefficient (Wildman–Crippen LogP) is 0.823. The topological polar surface area (TPSA) is 72.4 Å². The molecule has 1 saturated carbocycles. The van der Waals surface area contributed by atoms with Crippen LogP contribution >= 0.6 is 12.4 Å². The van der Waals surface area contributed by atoms with Gasteiger partial charge in [0, 0.05) is 12.6 Å². The molecule has 0 radical (unpaired) electrons. The molecule has 1 saturated heterocycles. The number of carbonyl (C=O) groups excluding carboxylic acids is 1. The Morgan fingerprint density at radius 1 is 1.22 bits per heavy atom. The van der Waals surface area contributed by atoms with Crippen LogP contribution in [0.15, 0.2) is 0 Å². The van der Waals surface area contributed by atoms with Crippen LogP contribution in [0.1, 0.15) is 32.1 Å². The highest BCUT2D eigenvalue weighted by Crippen LogP contribution is 2.26. The second-order valence-corrected chi connectivity index (χ2v) is 5.37. The van der Waals surface area contributed by atoms with Gasteiger partial charge < -0.3 is 16.4 Å². The lowest BCUT2D eigenvalue weighted by Crippen LogP contribution is -2.48. The fraction of sp³-hybridized carbons (Fsp3) is 0.917. The van der Waals surface area contributed by atoms with Gasteiger partial charge in [0.25, 0.3) is 0 Å². The molecule has 0 bridgehead atoms. The third-order valence-corrected chi connectivity index (χ3v) is 4.05. The van der Waals surface area contributed by atoms with Gasteiger partial charge >= 0.3 is 0 Å². The van der Waals surface area contributed by atoms with Gasteiger partial charge in [0.15, 0.2) is 0 Å². The van der Waals surface area contributed by atoms with Gasteiger partial charge in [-0.3, -0.25) is 4.79 Å². The van der Waals surface area contributed by atoms with Crippen molar-refractivity contribution in [1.82, 2.24) is 4.90 Å². The van der Waals surface area contributed by atoms with E-state index in [2.05, 4.69) is 0 Å². The zero-order chi connectivity index (χ0) is 12.4. The molecule has 18 heavy (non-hydrogen) atoms. The number of amides is 1. The smallest absolute Gasteiger partial charge is 0.239 e. The lowest BCUT2D eigenvalue weighted by molar-refractivity contribution is -0.133. The van der Waals surface area contributed by atoms with Crippen LogP contribution in [-0.2, 0) is 4.79 Å². The fourth-order valence-corrected chi connectivity index (χ4v) is 2.83. The predicted molar refractivity (Wildman–Crippen MR) is 71.2 cm³/mol. The molecule has 2 atom stereocenters. The Labute approximate surface area is 114 Å². The molecular weight excluding hydrogens is 257 g/mol. The quantitative estimate of drug-likeness (QED) is 0.786. The van der Waals surface area contributed by atoms with E-state index in [4.69, 9.17) is 11.5 Å². The summed E-state index contributed by atoms with van der Waals surface area (Å²) >= 11 is 0. The van der Waals surface area contributed by atoms with Crippen LogP contribution in [0.25, 0.3) is 0 Å². The van der Waals surface area contributed by atoms with Gasteiger partial charge in [-0.15, -0.1) is 12.4 Å². The first-order valence-electron chi connectivity index (χ1n) is 6.52. The van der Waals surface area contributed by atoms with E-state index in [1.165, 1.54) is 0 Å². The fourth-order valence-electron chi connectivity index (χ4n) is 2.83. The lowest BCUT2D eigenvalue weighted by Gasteiger charge is -2.31. The van der Waals surface area contributed by atoms with Crippen LogP contribution in [-0.4, -0.2) is 42.2 Å². The SMILES string of the molecule is Cl.N[C@H](C(=O)N1CC[C@@H](F)C1)[C@H]1CC[C@H](N)CC1. The summed E-state index contributed by atoms with van der Waals surface area (Å²) in [6.07, 6.45) is 3.30. The van der Waals surface area contributed by atoms with Crippen molar-refractivity contribution in [2.45, 2.75) is 50.4 Å². The number of alkyl halides is 1. The minimum atomic E-state index is -0.870. The number of halogens is 2. The van der Waals surface area contributed by atoms with Crippen LogP contribution < -0.4 is 11.5 Å². The Morgan fingerprint density at radius 2 is 1.83 bits per heavy atom. The summed E-state index contributed by atoms with van der Waals surface area (Å²) < 4.78 is 13.0. The molecule has 1 amide bonds. The molecule has 0 spiro atoms. The summed E-state index contributed by atoms with van der Waals surface area (Å²) in [5.41, 5.74) is 11.8. The minimum absolute atomic E-state index is 0. The molecule has 6 heteroatoms. The molecule has 0 aromatic heterocycles. The van der Waals surface area contributed by atoms with Crippen molar-refractivity contribution in [2.24, 2.45) is 17.4 Å². The molecule has 4 N–H and O–H groups in total. The monoisotopic (exact) mass is 279 g/mol. The highest BCUT2D eigenvalue weighted by molar-refractivity contribution is 5.85. The van der Waals surface area contributed by atoms with Gasteiger partial charge in [-0.1, -0.05) is 0 Å². The maximum absolute atomic E-state index is 13.0. The van der Waals surface area contributed by atoms with E-state index >= 15 is 0 Å². The molecular formula is C12H23ClFN3O. The third kappa shape index (κ3) is 3.56. The number of nitrogens with zero attached hydrogens (tertiary/aromatic N) is 1. The van der Waals surface area contributed by atoms with Crippen molar-refractivity contribution in [2.75, 3.05) is 13.1 Å². The Kier molecular flexibility index (Phi) is 5.82. The number of hydrogen-bond donors (Lipinski definition) is 2. The Bertz CT molecular complexity index is 284. The number of carbonyl (C=O) groups is 1. The van der Waals surface area contributed by atoms with E-state index in [0.717, 1.165) is 25.7 Å². The van der Waals surface area contributed by atoms with E-state index in [0.29, 0.717) is 13.0 Å². The molecule has 0 unspecified atom stereocenters. The molecule has 1 aliphatic heterocycles. The summed E-state index contributed by atoms with van der Waals surface area (Å²) in [7, 11) is 0. The van der Waals surface area contributed by atoms with Gasteiger partial charge in [0.1, 0.15) is 6.17 Å². The van der Waals surface area contributed by atoms with Crippen molar-refractivity contribution in [3.05, 3.63) is 0 Å². The van der Waals surface area contributed by atoms with Crippen LogP contribution in [0.4, 0.5) is 4.39 Å². The van der Waals surface area contributed by atoms with Crippen molar-refractivity contribution < 1.29 is 9.18 Å². The standard InChI is InChI=1S/C12H22FN3O.ClH/c13-9-5-6-16(7-9)12(17)11(15)8-1-3-10(14)4-2-8;/h8-11H,1-7,14-15H2;1H/t8-,9-,10-,11+;/m1./s1. The molecule has 2 aliphatic rings.